The van der Waals surface area contributed by atoms with Gasteiger partial charge in [0.15, 0.2) is 0 Å². The van der Waals surface area contributed by atoms with E-state index in [4.69, 9.17) is 0 Å². The number of nitrogens with one attached hydrogen (secondary N) is 2. The van der Waals surface area contributed by atoms with E-state index in [0.29, 0.717) is 6.54 Å². The van der Waals surface area contributed by atoms with Crippen LogP contribution in [-0.4, -0.2) is 19.0 Å². The summed E-state index contributed by atoms with van der Waals surface area (Å²) < 4.78 is 1.05. The minimum absolute atomic E-state index is 0.0397. The van der Waals surface area contributed by atoms with Crippen LogP contribution in [0.25, 0.3) is 0 Å². The zero-order valence-corrected chi connectivity index (χ0v) is 11.9. The lowest BCUT2D eigenvalue weighted by Gasteiger charge is -2.10. The molecule has 1 rings (SSSR count). The van der Waals surface area contributed by atoms with Crippen LogP contribution in [-0.2, 0) is 4.79 Å². The van der Waals surface area contributed by atoms with E-state index in [1.165, 1.54) is 0 Å². The molecule has 0 fully saturated rings. The Morgan fingerprint density at radius 3 is 2.88 bits per heavy atom. The van der Waals surface area contributed by atoms with E-state index in [1.54, 1.807) is 0 Å². The molecule has 17 heavy (non-hydrogen) atoms. The number of unbranched alkanes of at least 4 members (excludes halogenated alkanes) is 1. The first-order chi connectivity index (χ1) is 8.15. The van der Waals surface area contributed by atoms with Crippen molar-refractivity contribution in [2.24, 2.45) is 0 Å². The Balaban J connectivity index is 2.39. The molecular weight excluding hydrogens is 280 g/mol. The summed E-state index contributed by atoms with van der Waals surface area (Å²) >= 11 is 3.46. The van der Waals surface area contributed by atoms with Crippen LogP contribution < -0.4 is 10.6 Å². The van der Waals surface area contributed by atoms with Gasteiger partial charge < -0.3 is 10.6 Å². The Kier molecular flexibility index (Phi) is 6.05. The summed E-state index contributed by atoms with van der Waals surface area (Å²) in [5, 5.41) is 6.01. The molecule has 0 saturated carbocycles. The largest absolute Gasteiger partial charge is 0.376 e. The predicted molar refractivity (Wildman–Crippen MR) is 75.3 cm³/mol. The second kappa shape index (κ2) is 7.33. The molecule has 0 spiro atoms. The smallest absolute Gasteiger partial charge is 0.239 e. The van der Waals surface area contributed by atoms with E-state index in [9.17, 15) is 4.79 Å². The highest BCUT2D eigenvalue weighted by Gasteiger charge is 2.03. The number of rotatable bonds is 6. The molecule has 1 aromatic carbocycles. The topological polar surface area (TPSA) is 41.1 Å². The summed E-state index contributed by atoms with van der Waals surface area (Å²) in [6.07, 6.45) is 2.13. The second-order valence-electron chi connectivity index (χ2n) is 3.97. The lowest BCUT2D eigenvalue weighted by molar-refractivity contribution is -0.119. The van der Waals surface area contributed by atoms with Crippen molar-refractivity contribution < 1.29 is 4.79 Å². The van der Waals surface area contributed by atoms with Gasteiger partial charge in [0.25, 0.3) is 0 Å². The molecule has 0 heterocycles. The number of hydrogen-bond donors (Lipinski definition) is 2. The van der Waals surface area contributed by atoms with Gasteiger partial charge in [0.2, 0.25) is 5.91 Å². The number of hydrogen-bond acceptors (Lipinski definition) is 2. The standard InChI is InChI=1S/C13H19BrN2O/c1-3-4-8-15-13(17)9-16-12-7-5-6-11(14)10(12)2/h5-7,16H,3-4,8-9H2,1-2H3,(H,15,17). The average Bonchev–Trinajstić information content (AvgIpc) is 2.31. The van der Waals surface area contributed by atoms with Crippen LogP contribution in [0.3, 0.4) is 0 Å². The molecule has 0 aliphatic heterocycles. The summed E-state index contributed by atoms with van der Waals surface area (Å²) in [4.78, 5) is 11.5. The maximum atomic E-state index is 11.5. The Hall–Kier alpha value is -1.03. The molecule has 4 heteroatoms. The van der Waals surface area contributed by atoms with Crippen molar-refractivity contribution in [2.75, 3.05) is 18.4 Å². The first-order valence-corrected chi connectivity index (χ1v) is 6.70. The lowest BCUT2D eigenvalue weighted by atomic mass is 10.2. The van der Waals surface area contributed by atoms with Crippen LogP contribution in [0.15, 0.2) is 22.7 Å². The molecular formula is C13H19BrN2O. The Bertz CT molecular complexity index is 380. The fraction of sp³-hybridized carbons (Fsp3) is 0.462. The van der Waals surface area contributed by atoms with Gasteiger partial charge in [-0.25, -0.2) is 0 Å². The van der Waals surface area contributed by atoms with Crippen LogP contribution in [0.5, 0.6) is 0 Å². The van der Waals surface area contributed by atoms with Gasteiger partial charge in [-0.05, 0) is 31.0 Å². The minimum atomic E-state index is 0.0397. The van der Waals surface area contributed by atoms with Crippen molar-refractivity contribution in [1.82, 2.24) is 5.32 Å². The first-order valence-electron chi connectivity index (χ1n) is 5.90. The molecule has 3 nitrogen and oxygen atoms in total. The Morgan fingerprint density at radius 1 is 1.41 bits per heavy atom. The van der Waals surface area contributed by atoms with Crippen molar-refractivity contribution in [2.45, 2.75) is 26.7 Å². The quantitative estimate of drug-likeness (QED) is 0.793. The fourth-order valence-electron chi connectivity index (χ4n) is 1.44. The van der Waals surface area contributed by atoms with Crippen LogP contribution in [0.1, 0.15) is 25.3 Å². The number of carbonyl (C=O) groups is 1. The van der Waals surface area contributed by atoms with E-state index < -0.39 is 0 Å². The van der Waals surface area contributed by atoms with Gasteiger partial charge in [-0.15, -0.1) is 0 Å². The molecule has 0 atom stereocenters. The van der Waals surface area contributed by atoms with Gasteiger partial charge in [0.05, 0.1) is 6.54 Å². The highest BCUT2D eigenvalue weighted by Crippen LogP contribution is 2.22. The van der Waals surface area contributed by atoms with Crippen LogP contribution >= 0.6 is 15.9 Å². The highest BCUT2D eigenvalue weighted by molar-refractivity contribution is 9.10. The molecule has 0 bridgehead atoms. The van der Waals surface area contributed by atoms with Gasteiger partial charge in [-0.2, -0.15) is 0 Å². The predicted octanol–water partition coefficient (Wildman–Crippen LogP) is 3.09. The molecule has 0 unspecified atom stereocenters. The molecule has 0 aliphatic carbocycles. The van der Waals surface area contributed by atoms with Crippen molar-refractivity contribution in [1.29, 1.82) is 0 Å². The maximum absolute atomic E-state index is 11.5. The molecule has 1 amide bonds. The average molecular weight is 299 g/mol. The lowest BCUT2D eigenvalue weighted by Crippen LogP contribution is -2.30. The van der Waals surface area contributed by atoms with Crippen molar-refractivity contribution in [3.8, 4) is 0 Å². The van der Waals surface area contributed by atoms with E-state index in [1.807, 2.05) is 25.1 Å². The normalized spacial score (nSPS) is 10.1. The van der Waals surface area contributed by atoms with Gasteiger partial charge >= 0.3 is 0 Å². The van der Waals surface area contributed by atoms with E-state index in [0.717, 1.165) is 35.1 Å². The van der Waals surface area contributed by atoms with E-state index >= 15 is 0 Å². The summed E-state index contributed by atoms with van der Waals surface area (Å²) in [5.74, 6) is 0.0397. The molecule has 1 aromatic rings. The zero-order chi connectivity index (χ0) is 12.7. The highest BCUT2D eigenvalue weighted by atomic mass is 79.9. The number of anilines is 1. The Morgan fingerprint density at radius 2 is 2.18 bits per heavy atom. The SMILES string of the molecule is CCCCNC(=O)CNc1cccc(Br)c1C. The molecule has 0 saturated heterocycles. The number of carbonyl (C=O) groups excluding carboxylic acids is 1. The van der Waals surface area contributed by atoms with Gasteiger partial charge in [0, 0.05) is 16.7 Å². The monoisotopic (exact) mass is 298 g/mol. The third-order valence-electron chi connectivity index (χ3n) is 2.56. The summed E-state index contributed by atoms with van der Waals surface area (Å²) in [7, 11) is 0. The molecule has 0 aliphatic rings. The van der Waals surface area contributed by atoms with E-state index in [2.05, 4.69) is 33.5 Å². The molecule has 0 aromatic heterocycles. The van der Waals surface area contributed by atoms with Crippen molar-refractivity contribution >= 4 is 27.5 Å². The van der Waals surface area contributed by atoms with Gasteiger partial charge in [-0.3, -0.25) is 4.79 Å². The minimum Gasteiger partial charge on any atom is -0.376 e. The Labute approximate surface area is 111 Å². The molecule has 2 N–H and O–H groups in total. The van der Waals surface area contributed by atoms with E-state index in [-0.39, 0.29) is 5.91 Å². The molecule has 0 radical (unpaired) electrons. The fourth-order valence-corrected chi connectivity index (χ4v) is 1.81. The summed E-state index contributed by atoms with van der Waals surface area (Å²) in [6, 6.07) is 5.91. The summed E-state index contributed by atoms with van der Waals surface area (Å²) in [5.41, 5.74) is 2.11. The number of halogens is 1. The van der Waals surface area contributed by atoms with Crippen LogP contribution in [0.2, 0.25) is 0 Å². The third-order valence-corrected chi connectivity index (χ3v) is 3.42. The summed E-state index contributed by atoms with van der Waals surface area (Å²) in [6.45, 7) is 5.20. The number of benzene rings is 1. The molecule has 94 valence electrons. The van der Waals surface area contributed by atoms with Gasteiger partial charge in [0.1, 0.15) is 0 Å². The third kappa shape index (κ3) is 4.77. The maximum Gasteiger partial charge on any atom is 0.239 e. The van der Waals surface area contributed by atoms with Crippen LogP contribution in [0, 0.1) is 6.92 Å². The van der Waals surface area contributed by atoms with Crippen molar-refractivity contribution in [3.63, 3.8) is 0 Å². The van der Waals surface area contributed by atoms with Crippen LogP contribution in [0.4, 0.5) is 5.69 Å². The van der Waals surface area contributed by atoms with Gasteiger partial charge in [-0.1, -0.05) is 35.3 Å². The zero-order valence-electron chi connectivity index (χ0n) is 10.3. The first kappa shape index (κ1) is 14.0. The number of amides is 1. The second-order valence-corrected chi connectivity index (χ2v) is 4.82. The van der Waals surface area contributed by atoms with Crippen molar-refractivity contribution in [3.05, 3.63) is 28.2 Å².